The van der Waals surface area contributed by atoms with Crippen molar-refractivity contribution < 1.29 is 0 Å². The Labute approximate surface area is 123 Å². The maximum Gasteiger partial charge on any atom is 0.0992 e. The van der Waals surface area contributed by atoms with Gasteiger partial charge in [-0.05, 0) is 42.8 Å². The molecular formula is C16H12ClN3. The molecule has 98 valence electrons. The van der Waals surface area contributed by atoms with Crippen molar-refractivity contribution in [2.45, 2.75) is 13.0 Å². The molecule has 0 bridgehead atoms. The predicted octanol–water partition coefficient (Wildman–Crippen LogP) is 4.26. The van der Waals surface area contributed by atoms with Crippen LogP contribution in [0, 0.1) is 22.7 Å². The van der Waals surface area contributed by atoms with E-state index in [1.165, 1.54) is 0 Å². The van der Waals surface area contributed by atoms with Crippen LogP contribution in [0.2, 0.25) is 5.02 Å². The Kier molecular flexibility index (Phi) is 4.25. The SMILES string of the molecule is CC(Nc1cc(C#N)ccc1Cl)c1cccc(C#N)c1. The van der Waals surface area contributed by atoms with E-state index in [0.717, 1.165) is 5.56 Å². The monoisotopic (exact) mass is 281 g/mol. The number of nitrogens with one attached hydrogen (secondary N) is 1. The Morgan fingerprint density at radius 3 is 2.45 bits per heavy atom. The molecule has 0 radical (unpaired) electrons. The molecule has 1 N–H and O–H groups in total. The summed E-state index contributed by atoms with van der Waals surface area (Å²) < 4.78 is 0. The fourth-order valence-electron chi connectivity index (χ4n) is 1.90. The lowest BCUT2D eigenvalue weighted by molar-refractivity contribution is 0.884. The molecule has 2 rings (SSSR count). The van der Waals surface area contributed by atoms with Crippen molar-refractivity contribution in [3.05, 3.63) is 64.2 Å². The standard InChI is InChI=1S/C16H12ClN3/c1-11(14-4-2-3-12(7-14)9-18)20-16-8-13(10-19)5-6-15(16)17/h2-8,11,20H,1H3. The van der Waals surface area contributed by atoms with E-state index in [-0.39, 0.29) is 6.04 Å². The summed E-state index contributed by atoms with van der Waals surface area (Å²) in [5.41, 5.74) is 2.87. The average Bonchev–Trinajstić information content (AvgIpc) is 2.49. The van der Waals surface area contributed by atoms with Gasteiger partial charge in [-0.25, -0.2) is 0 Å². The van der Waals surface area contributed by atoms with Crippen molar-refractivity contribution in [2.75, 3.05) is 5.32 Å². The Morgan fingerprint density at radius 2 is 1.75 bits per heavy atom. The van der Waals surface area contributed by atoms with Crippen molar-refractivity contribution in [3.63, 3.8) is 0 Å². The number of benzene rings is 2. The number of nitrogens with zero attached hydrogens (tertiary/aromatic N) is 2. The van der Waals surface area contributed by atoms with E-state index in [1.54, 1.807) is 24.3 Å². The molecule has 0 heterocycles. The first-order valence-corrected chi connectivity index (χ1v) is 6.48. The fraction of sp³-hybridized carbons (Fsp3) is 0.125. The van der Waals surface area contributed by atoms with E-state index in [9.17, 15) is 0 Å². The molecule has 0 saturated heterocycles. The second kappa shape index (κ2) is 6.10. The maximum atomic E-state index is 8.92. The van der Waals surface area contributed by atoms with E-state index in [4.69, 9.17) is 22.1 Å². The molecule has 0 fully saturated rings. The highest BCUT2D eigenvalue weighted by Gasteiger charge is 2.09. The molecule has 4 heteroatoms. The molecular weight excluding hydrogens is 270 g/mol. The van der Waals surface area contributed by atoms with Gasteiger partial charge in [0.05, 0.1) is 34.0 Å². The van der Waals surface area contributed by atoms with Gasteiger partial charge in [0.15, 0.2) is 0 Å². The van der Waals surface area contributed by atoms with Crippen molar-refractivity contribution >= 4 is 17.3 Å². The molecule has 2 aromatic rings. The van der Waals surface area contributed by atoms with Gasteiger partial charge in [0.25, 0.3) is 0 Å². The zero-order chi connectivity index (χ0) is 14.5. The largest absolute Gasteiger partial charge is 0.377 e. The third kappa shape index (κ3) is 3.09. The van der Waals surface area contributed by atoms with Crippen molar-refractivity contribution in [1.82, 2.24) is 0 Å². The highest BCUT2D eigenvalue weighted by atomic mass is 35.5. The summed E-state index contributed by atoms with van der Waals surface area (Å²) in [6.45, 7) is 1.98. The second-order valence-electron chi connectivity index (χ2n) is 4.41. The summed E-state index contributed by atoms with van der Waals surface area (Å²) >= 11 is 6.12. The first kappa shape index (κ1) is 13.9. The molecule has 0 aliphatic carbocycles. The third-order valence-corrected chi connectivity index (χ3v) is 3.31. The number of anilines is 1. The minimum absolute atomic E-state index is 0.0188. The molecule has 1 atom stereocenters. The first-order chi connectivity index (χ1) is 9.63. The third-order valence-electron chi connectivity index (χ3n) is 2.98. The fourth-order valence-corrected chi connectivity index (χ4v) is 2.07. The lowest BCUT2D eigenvalue weighted by Crippen LogP contribution is -2.07. The number of hydrogen-bond donors (Lipinski definition) is 1. The van der Waals surface area contributed by atoms with Crippen LogP contribution in [0.25, 0.3) is 0 Å². The lowest BCUT2D eigenvalue weighted by atomic mass is 10.1. The highest BCUT2D eigenvalue weighted by Crippen LogP contribution is 2.27. The van der Waals surface area contributed by atoms with Crippen molar-refractivity contribution in [1.29, 1.82) is 10.5 Å². The summed E-state index contributed by atoms with van der Waals surface area (Å²) in [5.74, 6) is 0. The molecule has 0 spiro atoms. The van der Waals surface area contributed by atoms with Gasteiger partial charge in [-0.15, -0.1) is 0 Å². The topological polar surface area (TPSA) is 59.6 Å². The van der Waals surface area contributed by atoms with E-state index in [0.29, 0.717) is 21.8 Å². The van der Waals surface area contributed by atoms with Crippen LogP contribution in [0.15, 0.2) is 42.5 Å². The Balaban J connectivity index is 2.25. The average molecular weight is 282 g/mol. The minimum atomic E-state index is -0.0188. The molecule has 0 aliphatic rings. The van der Waals surface area contributed by atoms with Gasteiger partial charge in [0.1, 0.15) is 0 Å². The van der Waals surface area contributed by atoms with Crippen LogP contribution in [-0.4, -0.2) is 0 Å². The van der Waals surface area contributed by atoms with Gasteiger partial charge < -0.3 is 5.32 Å². The van der Waals surface area contributed by atoms with E-state index < -0.39 is 0 Å². The number of nitriles is 2. The Hall–Kier alpha value is -2.49. The Bertz CT molecular complexity index is 710. The smallest absolute Gasteiger partial charge is 0.0992 e. The van der Waals surface area contributed by atoms with E-state index >= 15 is 0 Å². The van der Waals surface area contributed by atoms with Crippen LogP contribution in [0.3, 0.4) is 0 Å². The summed E-state index contributed by atoms with van der Waals surface area (Å²) in [6.07, 6.45) is 0. The zero-order valence-electron chi connectivity index (χ0n) is 10.9. The molecule has 0 amide bonds. The maximum absolute atomic E-state index is 8.92. The number of halogens is 1. The van der Waals surface area contributed by atoms with Crippen molar-refractivity contribution in [3.8, 4) is 12.1 Å². The van der Waals surface area contributed by atoms with Crippen LogP contribution in [0.4, 0.5) is 5.69 Å². The van der Waals surface area contributed by atoms with Crippen LogP contribution in [-0.2, 0) is 0 Å². The van der Waals surface area contributed by atoms with Gasteiger partial charge in [-0.3, -0.25) is 0 Å². The highest BCUT2D eigenvalue weighted by molar-refractivity contribution is 6.33. The molecule has 3 nitrogen and oxygen atoms in total. The van der Waals surface area contributed by atoms with Gasteiger partial charge in [-0.2, -0.15) is 10.5 Å². The second-order valence-corrected chi connectivity index (χ2v) is 4.82. The summed E-state index contributed by atoms with van der Waals surface area (Å²) in [7, 11) is 0. The summed E-state index contributed by atoms with van der Waals surface area (Å²) in [5, 5.41) is 21.7. The number of rotatable bonds is 3. The van der Waals surface area contributed by atoms with Crippen LogP contribution in [0.5, 0.6) is 0 Å². The molecule has 1 unspecified atom stereocenters. The molecule has 0 aliphatic heterocycles. The van der Waals surface area contributed by atoms with Gasteiger partial charge in [-0.1, -0.05) is 23.7 Å². The lowest BCUT2D eigenvalue weighted by Gasteiger charge is -2.17. The van der Waals surface area contributed by atoms with E-state index in [2.05, 4.69) is 17.5 Å². The molecule has 0 saturated carbocycles. The van der Waals surface area contributed by atoms with Gasteiger partial charge in [0.2, 0.25) is 0 Å². The van der Waals surface area contributed by atoms with Gasteiger partial charge >= 0.3 is 0 Å². The Morgan fingerprint density at radius 1 is 1.05 bits per heavy atom. The molecule has 0 aromatic heterocycles. The first-order valence-electron chi connectivity index (χ1n) is 6.10. The number of hydrogen-bond acceptors (Lipinski definition) is 3. The quantitative estimate of drug-likeness (QED) is 0.914. The van der Waals surface area contributed by atoms with Gasteiger partial charge in [0, 0.05) is 6.04 Å². The zero-order valence-corrected chi connectivity index (χ0v) is 11.6. The van der Waals surface area contributed by atoms with Crippen LogP contribution in [0.1, 0.15) is 29.7 Å². The summed E-state index contributed by atoms with van der Waals surface area (Å²) in [4.78, 5) is 0. The van der Waals surface area contributed by atoms with Crippen LogP contribution >= 0.6 is 11.6 Å². The molecule has 2 aromatic carbocycles. The van der Waals surface area contributed by atoms with E-state index in [1.807, 2.05) is 25.1 Å². The predicted molar refractivity (Wildman–Crippen MR) is 79.4 cm³/mol. The minimum Gasteiger partial charge on any atom is -0.377 e. The van der Waals surface area contributed by atoms with Crippen molar-refractivity contribution in [2.24, 2.45) is 0 Å². The van der Waals surface area contributed by atoms with Crippen LogP contribution < -0.4 is 5.32 Å². The normalized spacial score (nSPS) is 11.2. The summed E-state index contributed by atoms with van der Waals surface area (Å²) in [6, 6.07) is 16.7. The molecule has 20 heavy (non-hydrogen) atoms.